The highest BCUT2D eigenvalue weighted by atomic mass is 35.5. The Morgan fingerprint density at radius 3 is 2.10 bits per heavy atom. The molecule has 0 atom stereocenters. The molecule has 4 nitrogen and oxygen atoms in total. The fourth-order valence-corrected chi connectivity index (χ4v) is 3.67. The number of hydrogen-bond acceptors (Lipinski definition) is 3. The molecule has 1 aliphatic heterocycles. The summed E-state index contributed by atoms with van der Waals surface area (Å²) in [5.74, 6) is 0. The predicted molar refractivity (Wildman–Crippen MR) is 88.6 cm³/mol. The number of sulfonamides is 1. The molecule has 2 N–H and O–H groups in total. The lowest BCUT2D eigenvalue weighted by atomic mass is 9.87. The van der Waals surface area contributed by atoms with Crippen molar-refractivity contribution in [3.63, 3.8) is 0 Å². The van der Waals surface area contributed by atoms with E-state index < -0.39 is 10.0 Å². The summed E-state index contributed by atoms with van der Waals surface area (Å²) in [5.41, 5.74) is 1.17. The molecular formula is C15H25ClN2O2S. The van der Waals surface area contributed by atoms with Crippen LogP contribution in [0.1, 0.15) is 39.2 Å². The molecular weight excluding hydrogens is 308 g/mol. The van der Waals surface area contributed by atoms with Crippen LogP contribution in [0.2, 0.25) is 0 Å². The van der Waals surface area contributed by atoms with E-state index in [1.807, 2.05) is 12.1 Å². The zero-order chi connectivity index (χ0) is 14.8. The van der Waals surface area contributed by atoms with Gasteiger partial charge < -0.3 is 5.32 Å². The van der Waals surface area contributed by atoms with Gasteiger partial charge in [-0.3, -0.25) is 0 Å². The fourth-order valence-electron chi connectivity index (χ4n) is 2.36. The van der Waals surface area contributed by atoms with Gasteiger partial charge in [0.2, 0.25) is 10.0 Å². The van der Waals surface area contributed by atoms with E-state index in [0.29, 0.717) is 4.90 Å². The van der Waals surface area contributed by atoms with Gasteiger partial charge in [0.15, 0.2) is 0 Å². The Morgan fingerprint density at radius 2 is 1.62 bits per heavy atom. The minimum Gasteiger partial charge on any atom is -0.317 e. The smallest absolute Gasteiger partial charge is 0.240 e. The van der Waals surface area contributed by atoms with Gasteiger partial charge >= 0.3 is 0 Å². The lowest BCUT2D eigenvalue weighted by Gasteiger charge is -2.24. The molecule has 6 heteroatoms. The zero-order valence-corrected chi connectivity index (χ0v) is 14.5. The summed E-state index contributed by atoms with van der Waals surface area (Å²) in [6.07, 6.45) is 1.69. The first-order valence-electron chi connectivity index (χ1n) is 7.13. The van der Waals surface area contributed by atoms with E-state index >= 15 is 0 Å². The average Bonchev–Trinajstić information content (AvgIpc) is 2.38. The van der Waals surface area contributed by atoms with Crippen LogP contribution in [0.4, 0.5) is 0 Å². The number of piperidine rings is 1. The maximum atomic E-state index is 12.3. The summed E-state index contributed by atoms with van der Waals surface area (Å²) in [6, 6.07) is 7.24. The number of halogens is 1. The summed E-state index contributed by atoms with van der Waals surface area (Å²) in [5, 5.41) is 3.23. The van der Waals surface area contributed by atoms with Gasteiger partial charge in [-0.15, -0.1) is 12.4 Å². The van der Waals surface area contributed by atoms with Gasteiger partial charge in [0.1, 0.15) is 0 Å². The average molecular weight is 333 g/mol. The molecule has 120 valence electrons. The predicted octanol–water partition coefficient (Wildman–Crippen LogP) is 2.44. The topological polar surface area (TPSA) is 58.2 Å². The fraction of sp³-hybridized carbons (Fsp3) is 0.600. The summed E-state index contributed by atoms with van der Waals surface area (Å²) in [6.45, 7) is 8.09. The second-order valence-electron chi connectivity index (χ2n) is 6.42. The standard InChI is InChI=1S/C15H24N2O2S.ClH/c1-15(2,3)12-4-6-14(7-5-12)20(18,19)17-13-8-10-16-11-9-13;/h4-7,13,16-17H,8-11H2,1-3H3;1H. The van der Waals surface area contributed by atoms with Crippen LogP contribution in [-0.4, -0.2) is 27.5 Å². The first kappa shape index (κ1) is 18.4. The van der Waals surface area contributed by atoms with E-state index in [2.05, 4.69) is 30.8 Å². The van der Waals surface area contributed by atoms with Crippen LogP contribution < -0.4 is 10.0 Å². The van der Waals surface area contributed by atoms with Crippen LogP contribution in [0.15, 0.2) is 29.2 Å². The van der Waals surface area contributed by atoms with E-state index in [-0.39, 0.29) is 23.9 Å². The van der Waals surface area contributed by atoms with Gasteiger partial charge in [-0.25, -0.2) is 13.1 Å². The van der Waals surface area contributed by atoms with Crippen LogP contribution in [0.3, 0.4) is 0 Å². The summed E-state index contributed by atoms with van der Waals surface area (Å²) in [4.78, 5) is 0.351. The molecule has 0 bridgehead atoms. The zero-order valence-electron chi connectivity index (χ0n) is 12.8. The number of benzene rings is 1. The van der Waals surface area contributed by atoms with E-state index in [9.17, 15) is 8.42 Å². The Bertz CT molecular complexity index is 544. The first-order valence-corrected chi connectivity index (χ1v) is 8.61. The summed E-state index contributed by atoms with van der Waals surface area (Å²) >= 11 is 0. The van der Waals surface area contributed by atoms with Gasteiger partial charge in [-0.2, -0.15) is 0 Å². The quantitative estimate of drug-likeness (QED) is 0.893. The van der Waals surface area contributed by atoms with Crippen LogP contribution in [0.5, 0.6) is 0 Å². The molecule has 0 amide bonds. The Labute approximate surface area is 134 Å². The molecule has 1 heterocycles. The molecule has 1 aromatic carbocycles. The third-order valence-electron chi connectivity index (χ3n) is 3.69. The van der Waals surface area contributed by atoms with Gasteiger partial charge in [-0.1, -0.05) is 32.9 Å². The van der Waals surface area contributed by atoms with E-state index in [1.54, 1.807) is 12.1 Å². The Morgan fingerprint density at radius 1 is 1.10 bits per heavy atom. The largest absolute Gasteiger partial charge is 0.317 e. The van der Waals surface area contributed by atoms with Crippen LogP contribution in [0.25, 0.3) is 0 Å². The van der Waals surface area contributed by atoms with Gasteiger partial charge in [0.05, 0.1) is 4.90 Å². The van der Waals surface area contributed by atoms with Crippen molar-refractivity contribution in [2.75, 3.05) is 13.1 Å². The molecule has 1 fully saturated rings. The second kappa shape index (κ2) is 7.09. The van der Waals surface area contributed by atoms with Crippen molar-refractivity contribution in [2.45, 2.75) is 50.0 Å². The second-order valence-corrected chi connectivity index (χ2v) is 8.13. The molecule has 0 aliphatic carbocycles. The molecule has 1 aromatic rings. The Balaban J connectivity index is 0.00000220. The van der Waals surface area contributed by atoms with Crippen LogP contribution >= 0.6 is 12.4 Å². The van der Waals surface area contributed by atoms with Gasteiger partial charge in [-0.05, 0) is 49.0 Å². The molecule has 1 aliphatic rings. The lowest BCUT2D eigenvalue weighted by Crippen LogP contribution is -2.42. The molecule has 21 heavy (non-hydrogen) atoms. The minimum absolute atomic E-state index is 0. The van der Waals surface area contributed by atoms with Crippen molar-refractivity contribution < 1.29 is 8.42 Å². The van der Waals surface area contributed by atoms with E-state index in [4.69, 9.17) is 0 Å². The lowest BCUT2D eigenvalue weighted by molar-refractivity contribution is 0.427. The molecule has 0 aromatic heterocycles. The van der Waals surface area contributed by atoms with Crippen LogP contribution in [0, 0.1) is 0 Å². The normalized spacial score (nSPS) is 17.3. The van der Waals surface area contributed by atoms with E-state index in [1.165, 1.54) is 0 Å². The van der Waals surface area contributed by atoms with Crippen molar-refractivity contribution in [3.05, 3.63) is 29.8 Å². The third kappa shape index (κ3) is 4.95. The maximum absolute atomic E-state index is 12.3. The monoisotopic (exact) mass is 332 g/mol. The Kier molecular flexibility index (Phi) is 6.23. The molecule has 2 rings (SSSR count). The van der Waals surface area contributed by atoms with Crippen molar-refractivity contribution in [1.82, 2.24) is 10.0 Å². The third-order valence-corrected chi connectivity index (χ3v) is 5.23. The SMILES string of the molecule is CC(C)(C)c1ccc(S(=O)(=O)NC2CCNCC2)cc1.Cl. The highest BCUT2D eigenvalue weighted by molar-refractivity contribution is 7.89. The Hall–Kier alpha value is -0.620. The minimum atomic E-state index is -3.40. The number of hydrogen-bond donors (Lipinski definition) is 2. The highest BCUT2D eigenvalue weighted by Crippen LogP contribution is 2.23. The van der Waals surface area contributed by atoms with Crippen molar-refractivity contribution in [2.24, 2.45) is 0 Å². The molecule has 0 unspecified atom stereocenters. The van der Waals surface area contributed by atoms with Crippen molar-refractivity contribution >= 4 is 22.4 Å². The summed E-state index contributed by atoms with van der Waals surface area (Å²) in [7, 11) is -3.40. The first-order chi connectivity index (χ1) is 9.29. The van der Waals surface area contributed by atoms with Gasteiger partial charge in [0.25, 0.3) is 0 Å². The van der Waals surface area contributed by atoms with Crippen LogP contribution in [-0.2, 0) is 15.4 Å². The highest BCUT2D eigenvalue weighted by Gasteiger charge is 2.22. The summed E-state index contributed by atoms with van der Waals surface area (Å²) < 4.78 is 27.5. The molecule has 0 spiro atoms. The molecule has 1 saturated heterocycles. The van der Waals surface area contributed by atoms with Gasteiger partial charge in [0, 0.05) is 6.04 Å². The number of nitrogens with one attached hydrogen (secondary N) is 2. The molecule has 0 saturated carbocycles. The molecule has 0 radical (unpaired) electrons. The van der Waals surface area contributed by atoms with E-state index in [0.717, 1.165) is 31.5 Å². The number of rotatable bonds is 3. The van der Waals surface area contributed by atoms with Crippen molar-refractivity contribution in [1.29, 1.82) is 0 Å². The maximum Gasteiger partial charge on any atom is 0.240 e. The van der Waals surface area contributed by atoms with Crippen molar-refractivity contribution in [3.8, 4) is 0 Å².